The van der Waals surface area contributed by atoms with Gasteiger partial charge in [0.2, 0.25) is 0 Å². The second-order valence-electron chi connectivity index (χ2n) is 5.42. The van der Waals surface area contributed by atoms with Crippen molar-refractivity contribution in [2.45, 2.75) is 25.3 Å². The molecule has 1 heterocycles. The zero-order valence-electron chi connectivity index (χ0n) is 12.1. The van der Waals surface area contributed by atoms with Gasteiger partial charge in [0.15, 0.2) is 0 Å². The molecule has 0 aromatic heterocycles. The molecule has 110 valence electrons. The highest BCUT2D eigenvalue weighted by molar-refractivity contribution is 6.34. The Morgan fingerprint density at radius 3 is 2.90 bits per heavy atom. The summed E-state index contributed by atoms with van der Waals surface area (Å²) in [5.41, 5.74) is 1.51. The van der Waals surface area contributed by atoms with Gasteiger partial charge in [-0.1, -0.05) is 11.6 Å². The number of carbonyl (C=O) groups excluding carboxylic acids is 1. The summed E-state index contributed by atoms with van der Waals surface area (Å²) in [6.07, 6.45) is 3.42. The molecule has 1 aliphatic rings. The van der Waals surface area contributed by atoms with Crippen molar-refractivity contribution >= 4 is 23.2 Å². The normalized spacial score (nSPS) is 19.2. The number of hydrogen-bond acceptors (Lipinski definition) is 3. The lowest BCUT2D eigenvalue weighted by atomic mass is 10.1. The second-order valence-corrected chi connectivity index (χ2v) is 5.82. The van der Waals surface area contributed by atoms with Crippen molar-refractivity contribution in [3.05, 3.63) is 28.8 Å². The van der Waals surface area contributed by atoms with Crippen LogP contribution in [-0.2, 0) is 0 Å². The van der Waals surface area contributed by atoms with Crippen LogP contribution in [0.3, 0.4) is 0 Å². The molecule has 20 heavy (non-hydrogen) atoms. The SMILES string of the molecule is CN(C)C(=O)c1cc(NC2CCCNCC2)ccc1Cl. The molecule has 1 unspecified atom stereocenters. The van der Waals surface area contributed by atoms with Crippen molar-refractivity contribution in [3.8, 4) is 0 Å². The lowest BCUT2D eigenvalue weighted by Gasteiger charge is -2.19. The van der Waals surface area contributed by atoms with Crippen LogP contribution in [0.4, 0.5) is 5.69 Å². The van der Waals surface area contributed by atoms with E-state index in [1.807, 2.05) is 12.1 Å². The third-order valence-electron chi connectivity index (χ3n) is 3.55. The minimum atomic E-state index is -0.0683. The molecule has 1 aliphatic heterocycles. The third-order valence-corrected chi connectivity index (χ3v) is 3.88. The average Bonchev–Trinajstić information content (AvgIpc) is 2.68. The lowest BCUT2D eigenvalue weighted by molar-refractivity contribution is 0.0828. The third kappa shape index (κ3) is 3.87. The first-order valence-corrected chi connectivity index (χ1v) is 7.44. The maximum atomic E-state index is 12.1. The first kappa shape index (κ1) is 15.1. The van der Waals surface area contributed by atoms with E-state index in [1.54, 1.807) is 25.1 Å². The molecule has 1 aromatic rings. The lowest BCUT2D eigenvalue weighted by Crippen LogP contribution is -2.23. The molecule has 2 rings (SSSR count). The summed E-state index contributed by atoms with van der Waals surface area (Å²) in [7, 11) is 3.46. The molecule has 1 saturated heterocycles. The number of benzene rings is 1. The smallest absolute Gasteiger partial charge is 0.254 e. The van der Waals surface area contributed by atoms with E-state index < -0.39 is 0 Å². The van der Waals surface area contributed by atoms with E-state index in [0.29, 0.717) is 16.6 Å². The van der Waals surface area contributed by atoms with Crippen LogP contribution in [0, 0.1) is 0 Å². The van der Waals surface area contributed by atoms with Gasteiger partial charge in [-0.15, -0.1) is 0 Å². The van der Waals surface area contributed by atoms with E-state index in [-0.39, 0.29) is 5.91 Å². The molecule has 4 nitrogen and oxygen atoms in total. The van der Waals surface area contributed by atoms with E-state index in [4.69, 9.17) is 11.6 Å². The molecule has 0 saturated carbocycles. The second kappa shape index (κ2) is 6.95. The minimum Gasteiger partial charge on any atom is -0.382 e. The van der Waals surface area contributed by atoms with Crippen molar-refractivity contribution < 1.29 is 4.79 Å². The Morgan fingerprint density at radius 2 is 2.15 bits per heavy atom. The fourth-order valence-corrected chi connectivity index (χ4v) is 2.62. The maximum Gasteiger partial charge on any atom is 0.254 e. The number of hydrogen-bond donors (Lipinski definition) is 2. The van der Waals surface area contributed by atoms with E-state index in [2.05, 4.69) is 10.6 Å². The number of halogens is 1. The molecular weight excluding hydrogens is 274 g/mol. The molecule has 1 amide bonds. The van der Waals surface area contributed by atoms with Crippen molar-refractivity contribution in [2.75, 3.05) is 32.5 Å². The maximum absolute atomic E-state index is 12.1. The van der Waals surface area contributed by atoms with Gasteiger partial charge in [-0.05, 0) is 50.6 Å². The quantitative estimate of drug-likeness (QED) is 0.901. The highest BCUT2D eigenvalue weighted by Crippen LogP contribution is 2.23. The summed E-state index contributed by atoms with van der Waals surface area (Å²) in [6.45, 7) is 2.12. The van der Waals surface area contributed by atoms with Crippen molar-refractivity contribution in [1.82, 2.24) is 10.2 Å². The summed E-state index contributed by atoms with van der Waals surface area (Å²) in [5, 5.41) is 7.40. The molecule has 0 radical (unpaired) electrons. The van der Waals surface area contributed by atoms with E-state index >= 15 is 0 Å². The van der Waals surface area contributed by atoms with Crippen molar-refractivity contribution in [2.24, 2.45) is 0 Å². The van der Waals surface area contributed by atoms with Crippen LogP contribution in [0.1, 0.15) is 29.6 Å². The van der Waals surface area contributed by atoms with E-state index in [0.717, 1.165) is 31.6 Å². The van der Waals surface area contributed by atoms with Gasteiger partial charge in [0.25, 0.3) is 5.91 Å². The first-order valence-electron chi connectivity index (χ1n) is 7.06. The molecular formula is C15H22ClN3O. The van der Waals surface area contributed by atoms with Gasteiger partial charge in [0.05, 0.1) is 10.6 Å². The summed E-state index contributed by atoms with van der Waals surface area (Å²) in [6, 6.07) is 6.03. The van der Waals surface area contributed by atoms with Crippen molar-refractivity contribution in [1.29, 1.82) is 0 Å². The number of carbonyl (C=O) groups is 1. The molecule has 1 atom stereocenters. The first-order chi connectivity index (χ1) is 9.58. The number of anilines is 1. The highest BCUT2D eigenvalue weighted by atomic mass is 35.5. The van der Waals surface area contributed by atoms with Gasteiger partial charge < -0.3 is 15.5 Å². The van der Waals surface area contributed by atoms with Crippen LogP contribution >= 0.6 is 11.6 Å². The zero-order chi connectivity index (χ0) is 14.5. The van der Waals surface area contributed by atoms with Crippen LogP contribution in [0.2, 0.25) is 5.02 Å². The summed E-state index contributed by atoms with van der Waals surface area (Å²) in [4.78, 5) is 13.6. The van der Waals surface area contributed by atoms with Gasteiger partial charge in [-0.2, -0.15) is 0 Å². The highest BCUT2D eigenvalue weighted by Gasteiger charge is 2.15. The number of amides is 1. The average molecular weight is 296 g/mol. The molecule has 0 aliphatic carbocycles. The monoisotopic (exact) mass is 295 g/mol. The largest absolute Gasteiger partial charge is 0.382 e. The topological polar surface area (TPSA) is 44.4 Å². The van der Waals surface area contributed by atoms with Gasteiger partial charge in [-0.25, -0.2) is 0 Å². The predicted octanol–water partition coefficient (Wildman–Crippen LogP) is 2.60. The minimum absolute atomic E-state index is 0.0683. The Labute approximate surface area is 125 Å². The fourth-order valence-electron chi connectivity index (χ4n) is 2.42. The Morgan fingerprint density at radius 1 is 1.35 bits per heavy atom. The predicted molar refractivity (Wildman–Crippen MR) is 83.6 cm³/mol. The standard InChI is InChI=1S/C15H22ClN3O/c1-19(2)15(20)13-10-12(5-6-14(13)16)18-11-4-3-8-17-9-7-11/h5-6,10-11,17-18H,3-4,7-9H2,1-2H3. The number of nitrogens with one attached hydrogen (secondary N) is 2. The molecule has 1 aromatic carbocycles. The van der Waals surface area contributed by atoms with Crippen molar-refractivity contribution in [3.63, 3.8) is 0 Å². The zero-order valence-corrected chi connectivity index (χ0v) is 12.8. The van der Waals surface area contributed by atoms with Crippen LogP contribution in [0.15, 0.2) is 18.2 Å². The van der Waals surface area contributed by atoms with Crippen LogP contribution in [0.25, 0.3) is 0 Å². The Balaban J connectivity index is 2.12. The van der Waals surface area contributed by atoms with Crippen LogP contribution in [0.5, 0.6) is 0 Å². The Kier molecular flexibility index (Phi) is 5.26. The molecule has 0 spiro atoms. The summed E-state index contributed by atoms with van der Waals surface area (Å²) in [5.74, 6) is -0.0683. The van der Waals surface area contributed by atoms with E-state index in [9.17, 15) is 4.79 Å². The molecule has 0 bridgehead atoms. The van der Waals surface area contributed by atoms with Crippen LogP contribution < -0.4 is 10.6 Å². The molecule has 1 fully saturated rings. The molecule has 2 N–H and O–H groups in total. The summed E-state index contributed by atoms with van der Waals surface area (Å²) >= 11 is 6.12. The Bertz CT molecular complexity index is 468. The fraction of sp³-hybridized carbons (Fsp3) is 0.533. The molecule has 5 heteroatoms. The van der Waals surface area contributed by atoms with Gasteiger partial charge in [0, 0.05) is 25.8 Å². The number of nitrogens with zero attached hydrogens (tertiary/aromatic N) is 1. The summed E-state index contributed by atoms with van der Waals surface area (Å²) < 4.78 is 0. The van der Waals surface area contributed by atoms with Crippen LogP contribution in [-0.4, -0.2) is 44.0 Å². The Hall–Kier alpha value is -1.26. The number of rotatable bonds is 3. The van der Waals surface area contributed by atoms with Gasteiger partial charge in [-0.3, -0.25) is 4.79 Å². The van der Waals surface area contributed by atoms with E-state index in [1.165, 1.54) is 6.42 Å². The van der Waals surface area contributed by atoms with Gasteiger partial charge >= 0.3 is 0 Å². The van der Waals surface area contributed by atoms with Gasteiger partial charge in [0.1, 0.15) is 0 Å².